The van der Waals surface area contributed by atoms with Crippen molar-refractivity contribution in [2.75, 3.05) is 5.32 Å². The lowest BCUT2D eigenvalue weighted by atomic mass is 10.1. The highest BCUT2D eigenvalue weighted by molar-refractivity contribution is 5.91. The van der Waals surface area contributed by atoms with Crippen LogP contribution in [0.3, 0.4) is 0 Å². The highest BCUT2D eigenvalue weighted by Gasteiger charge is 2.15. The average Bonchev–Trinajstić information content (AvgIpc) is 2.78. The summed E-state index contributed by atoms with van der Waals surface area (Å²) >= 11 is 0. The lowest BCUT2D eigenvalue weighted by molar-refractivity contribution is -0.384. The van der Waals surface area contributed by atoms with Gasteiger partial charge in [-0.05, 0) is 26.3 Å². The summed E-state index contributed by atoms with van der Waals surface area (Å²) in [6.07, 6.45) is 0.481. The number of halogens is 1. The fraction of sp³-hybridized carbons (Fsp3) is 0.286. The molecular weight excluding hydrogens is 293 g/mol. The predicted molar refractivity (Wildman–Crippen MR) is 76.0 cm³/mol. The minimum Gasteiger partial charge on any atom is -0.361 e. The number of nitrogens with zero attached hydrogens (tertiary/aromatic N) is 2. The van der Waals surface area contributed by atoms with E-state index in [4.69, 9.17) is 4.52 Å². The standard InChI is InChI=1S/C14H14FN3O4/c1-8-11(9(2)22-17-8)4-6-14(19)16-13-7-10(18(20)21)3-5-12(13)15/h3,5,7H,4,6H2,1-2H3,(H,16,19). The molecule has 0 bridgehead atoms. The van der Waals surface area contributed by atoms with Gasteiger partial charge in [-0.2, -0.15) is 0 Å². The first-order valence-electron chi connectivity index (χ1n) is 6.54. The maximum Gasteiger partial charge on any atom is 0.271 e. The van der Waals surface area contributed by atoms with E-state index in [9.17, 15) is 19.3 Å². The molecule has 0 radical (unpaired) electrons. The van der Waals surface area contributed by atoms with Crippen LogP contribution in [-0.4, -0.2) is 16.0 Å². The zero-order valence-corrected chi connectivity index (χ0v) is 12.1. The first-order valence-corrected chi connectivity index (χ1v) is 6.54. The lowest BCUT2D eigenvalue weighted by Gasteiger charge is -2.06. The van der Waals surface area contributed by atoms with Crippen LogP contribution >= 0.6 is 0 Å². The van der Waals surface area contributed by atoms with E-state index in [0.717, 1.165) is 23.8 Å². The number of benzene rings is 1. The lowest BCUT2D eigenvalue weighted by Crippen LogP contribution is -2.14. The number of nitro groups is 1. The molecule has 116 valence electrons. The van der Waals surface area contributed by atoms with E-state index >= 15 is 0 Å². The molecule has 7 nitrogen and oxygen atoms in total. The number of nitrogens with one attached hydrogen (secondary N) is 1. The third kappa shape index (κ3) is 3.46. The Morgan fingerprint density at radius 2 is 2.18 bits per heavy atom. The van der Waals surface area contributed by atoms with E-state index in [-0.39, 0.29) is 17.8 Å². The SMILES string of the molecule is Cc1noc(C)c1CCC(=O)Nc1cc([N+](=O)[O-])ccc1F. The number of aromatic nitrogens is 1. The van der Waals surface area contributed by atoms with Crippen LogP contribution in [0.25, 0.3) is 0 Å². The number of aryl methyl sites for hydroxylation is 2. The Morgan fingerprint density at radius 3 is 2.77 bits per heavy atom. The molecule has 0 aliphatic carbocycles. The summed E-state index contributed by atoms with van der Waals surface area (Å²) in [5.74, 6) is -0.539. The van der Waals surface area contributed by atoms with Crippen LogP contribution < -0.4 is 5.32 Å². The summed E-state index contributed by atoms with van der Waals surface area (Å²) in [7, 11) is 0. The van der Waals surface area contributed by atoms with Crippen molar-refractivity contribution in [3.8, 4) is 0 Å². The number of rotatable bonds is 5. The molecule has 0 unspecified atom stereocenters. The van der Waals surface area contributed by atoms with Crippen molar-refractivity contribution >= 4 is 17.3 Å². The van der Waals surface area contributed by atoms with Crippen molar-refractivity contribution in [1.82, 2.24) is 5.16 Å². The van der Waals surface area contributed by atoms with E-state index in [1.165, 1.54) is 0 Å². The van der Waals surface area contributed by atoms with Gasteiger partial charge in [-0.3, -0.25) is 14.9 Å². The fourth-order valence-electron chi connectivity index (χ4n) is 2.03. The van der Waals surface area contributed by atoms with E-state index in [2.05, 4.69) is 10.5 Å². The molecule has 22 heavy (non-hydrogen) atoms. The molecule has 0 saturated heterocycles. The average molecular weight is 307 g/mol. The molecule has 1 N–H and O–H groups in total. The van der Waals surface area contributed by atoms with Gasteiger partial charge in [-0.1, -0.05) is 5.16 Å². The van der Waals surface area contributed by atoms with Crippen LogP contribution in [0.4, 0.5) is 15.8 Å². The Bertz CT molecular complexity index is 707. The van der Waals surface area contributed by atoms with Gasteiger partial charge in [-0.25, -0.2) is 4.39 Å². The molecule has 0 spiro atoms. The van der Waals surface area contributed by atoms with Crippen molar-refractivity contribution in [1.29, 1.82) is 0 Å². The fourth-order valence-corrected chi connectivity index (χ4v) is 2.03. The van der Waals surface area contributed by atoms with Crippen molar-refractivity contribution in [3.63, 3.8) is 0 Å². The van der Waals surface area contributed by atoms with E-state index in [1.54, 1.807) is 13.8 Å². The number of hydrogen-bond acceptors (Lipinski definition) is 5. The first-order chi connectivity index (χ1) is 10.4. The van der Waals surface area contributed by atoms with Crippen LogP contribution in [0.1, 0.15) is 23.4 Å². The quantitative estimate of drug-likeness (QED) is 0.676. The third-order valence-corrected chi connectivity index (χ3v) is 3.22. The zero-order chi connectivity index (χ0) is 16.3. The number of anilines is 1. The van der Waals surface area contributed by atoms with Crippen molar-refractivity contribution in [2.24, 2.45) is 0 Å². The van der Waals surface area contributed by atoms with Gasteiger partial charge in [0.1, 0.15) is 11.6 Å². The number of hydrogen-bond donors (Lipinski definition) is 1. The summed E-state index contributed by atoms with van der Waals surface area (Å²) in [5, 5.41) is 16.8. The Kier molecular flexibility index (Phi) is 4.50. The van der Waals surface area contributed by atoms with Crippen LogP contribution in [0.15, 0.2) is 22.7 Å². The van der Waals surface area contributed by atoms with Gasteiger partial charge >= 0.3 is 0 Å². The number of non-ortho nitro benzene ring substituents is 1. The largest absolute Gasteiger partial charge is 0.361 e. The minimum absolute atomic E-state index is 0.0883. The molecule has 8 heteroatoms. The maximum atomic E-state index is 13.6. The second-order valence-electron chi connectivity index (χ2n) is 4.77. The molecule has 0 saturated carbocycles. The molecule has 2 aromatic rings. The highest BCUT2D eigenvalue weighted by Crippen LogP contribution is 2.22. The Hall–Kier alpha value is -2.77. The van der Waals surface area contributed by atoms with Gasteiger partial charge in [0, 0.05) is 24.1 Å². The van der Waals surface area contributed by atoms with E-state index in [0.29, 0.717) is 17.9 Å². The molecule has 2 rings (SSSR count). The van der Waals surface area contributed by atoms with Crippen LogP contribution in [0.2, 0.25) is 0 Å². The van der Waals surface area contributed by atoms with Gasteiger partial charge in [0.15, 0.2) is 0 Å². The molecular formula is C14H14FN3O4. The molecule has 0 aliphatic heterocycles. The van der Waals surface area contributed by atoms with Gasteiger partial charge in [0.25, 0.3) is 5.69 Å². The van der Waals surface area contributed by atoms with E-state index in [1.807, 2.05) is 0 Å². The van der Waals surface area contributed by atoms with Crippen LogP contribution in [0.5, 0.6) is 0 Å². The summed E-state index contributed by atoms with van der Waals surface area (Å²) in [5.41, 5.74) is 1.03. The van der Waals surface area contributed by atoms with Crippen LogP contribution in [0, 0.1) is 29.8 Å². The third-order valence-electron chi connectivity index (χ3n) is 3.22. The number of nitro benzene ring substituents is 1. The maximum absolute atomic E-state index is 13.6. The minimum atomic E-state index is -0.726. The highest BCUT2D eigenvalue weighted by atomic mass is 19.1. The second-order valence-corrected chi connectivity index (χ2v) is 4.77. The van der Waals surface area contributed by atoms with Crippen molar-refractivity contribution < 1.29 is 18.6 Å². The molecule has 0 fully saturated rings. The van der Waals surface area contributed by atoms with Gasteiger partial charge in [-0.15, -0.1) is 0 Å². The normalized spacial score (nSPS) is 10.5. The molecule has 1 amide bonds. The van der Waals surface area contributed by atoms with Crippen LogP contribution in [-0.2, 0) is 11.2 Å². The topological polar surface area (TPSA) is 98.3 Å². The molecule has 1 aromatic carbocycles. The Balaban J connectivity index is 2.03. The Morgan fingerprint density at radius 1 is 1.45 bits per heavy atom. The number of carbonyl (C=O) groups is 1. The van der Waals surface area contributed by atoms with E-state index < -0.39 is 16.6 Å². The van der Waals surface area contributed by atoms with Crippen molar-refractivity contribution in [3.05, 3.63) is 51.1 Å². The molecule has 0 atom stereocenters. The first kappa shape index (κ1) is 15.6. The summed E-state index contributed by atoms with van der Waals surface area (Å²) in [6, 6.07) is 2.97. The van der Waals surface area contributed by atoms with Gasteiger partial charge in [0.2, 0.25) is 5.91 Å². The molecule has 0 aliphatic rings. The summed E-state index contributed by atoms with van der Waals surface area (Å²) < 4.78 is 18.6. The van der Waals surface area contributed by atoms with Gasteiger partial charge in [0.05, 0.1) is 16.3 Å². The summed E-state index contributed by atoms with van der Waals surface area (Å²) in [4.78, 5) is 21.9. The number of carbonyl (C=O) groups excluding carboxylic acids is 1. The van der Waals surface area contributed by atoms with Crippen molar-refractivity contribution in [2.45, 2.75) is 26.7 Å². The Labute approximate surface area is 125 Å². The monoisotopic (exact) mass is 307 g/mol. The number of amides is 1. The predicted octanol–water partition coefficient (Wildman–Crippen LogP) is 2.91. The second kappa shape index (κ2) is 6.33. The summed E-state index contributed by atoms with van der Waals surface area (Å²) in [6.45, 7) is 3.51. The molecule has 1 aromatic heterocycles. The molecule has 1 heterocycles. The zero-order valence-electron chi connectivity index (χ0n) is 12.1. The smallest absolute Gasteiger partial charge is 0.271 e. The van der Waals surface area contributed by atoms with Gasteiger partial charge < -0.3 is 9.84 Å².